The molecule has 0 bridgehead atoms. The zero-order chi connectivity index (χ0) is 14.9. The number of aliphatic carboxylic acids is 1. The molecule has 3 atom stereocenters. The Hall–Kier alpha value is -1.26. The molecule has 0 aromatic carbocycles. The number of carboxylic acid groups (broad SMARTS) is 1. The van der Waals surface area contributed by atoms with Crippen LogP contribution < -0.4 is 5.32 Å². The van der Waals surface area contributed by atoms with Crippen LogP contribution >= 0.6 is 0 Å². The van der Waals surface area contributed by atoms with Crippen molar-refractivity contribution in [2.45, 2.75) is 65.0 Å². The molecule has 1 saturated heterocycles. The second kappa shape index (κ2) is 5.62. The molecule has 2 amide bonds. The molecular weight excluding hydrogens is 256 g/mol. The van der Waals surface area contributed by atoms with E-state index < -0.39 is 17.4 Å². The van der Waals surface area contributed by atoms with Crippen molar-refractivity contribution in [3.05, 3.63) is 0 Å². The number of carbonyl (C=O) groups excluding carboxylic acids is 1. The van der Waals surface area contributed by atoms with E-state index in [0.29, 0.717) is 12.0 Å². The van der Waals surface area contributed by atoms with Gasteiger partial charge in [-0.1, -0.05) is 33.6 Å². The second-order valence-electron chi connectivity index (χ2n) is 7.18. The lowest BCUT2D eigenvalue weighted by Crippen LogP contribution is -2.54. The average Bonchev–Trinajstić information content (AvgIpc) is 2.77. The summed E-state index contributed by atoms with van der Waals surface area (Å²) in [5.41, 5.74) is -0.493. The van der Waals surface area contributed by atoms with Crippen molar-refractivity contribution in [2.75, 3.05) is 6.54 Å². The number of rotatable bonds is 2. The fraction of sp³-hybridized carbons (Fsp3) is 0.867. The minimum atomic E-state index is -0.967. The summed E-state index contributed by atoms with van der Waals surface area (Å²) in [6.45, 7) is 6.26. The highest BCUT2D eigenvalue weighted by Crippen LogP contribution is 2.36. The molecule has 1 aliphatic heterocycles. The molecule has 0 aromatic heterocycles. The lowest BCUT2D eigenvalue weighted by atomic mass is 9.85. The lowest BCUT2D eigenvalue weighted by Gasteiger charge is -2.34. The van der Waals surface area contributed by atoms with E-state index in [9.17, 15) is 14.7 Å². The Balaban J connectivity index is 2.02. The van der Waals surface area contributed by atoms with Crippen LogP contribution in [0.15, 0.2) is 0 Å². The van der Waals surface area contributed by atoms with Crippen LogP contribution in [0.3, 0.4) is 0 Å². The standard InChI is InChI=1S/C15H26N2O3/c1-15(2,3)12(13(18)19)16-14(20)17-9-8-10-6-4-5-7-11(10)17/h10-12H,4-9H2,1-3H3,(H,16,20)(H,18,19)/t10?,11?,12-/m1/s1. The first-order valence-corrected chi connectivity index (χ1v) is 7.60. The van der Waals surface area contributed by atoms with E-state index in [1.165, 1.54) is 19.3 Å². The summed E-state index contributed by atoms with van der Waals surface area (Å²) in [6, 6.07) is -0.738. The maximum absolute atomic E-state index is 12.4. The lowest BCUT2D eigenvalue weighted by molar-refractivity contribution is -0.142. The van der Waals surface area contributed by atoms with Gasteiger partial charge >= 0.3 is 12.0 Å². The van der Waals surface area contributed by atoms with Gasteiger partial charge in [-0.05, 0) is 30.6 Å². The van der Waals surface area contributed by atoms with E-state index in [1.807, 2.05) is 25.7 Å². The van der Waals surface area contributed by atoms with Crippen molar-refractivity contribution in [1.82, 2.24) is 10.2 Å². The first kappa shape index (κ1) is 15.1. The molecule has 1 saturated carbocycles. The molecule has 0 spiro atoms. The van der Waals surface area contributed by atoms with Crippen LogP contribution in [0.2, 0.25) is 0 Å². The molecule has 0 aromatic rings. The molecule has 114 valence electrons. The quantitative estimate of drug-likeness (QED) is 0.817. The minimum absolute atomic E-state index is 0.207. The van der Waals surface area contributed by atoms with Crippen molar-refractivity contribution < 1.29 is 14.7 Å². The number of carboxylic acids is 1. The predicted octanol–water partition coefficient (Wildman–Crippen LogP) is 2.46. The molecule has 2 rings (SSSR count). The fourth-order valence-corrected chi connectivity index (χ4v) is 3.51. The third kappa shape index (κ3) is 3.07. The van der Waals surface area contributed by atoms with Gasteiger partial charge in [-0.3, -0.25) is 0 Å². The molecule has 5 heteroatoms. The van der Waals surface area contributed by atoms with Crippen molar-refractivity contribution in [3.63, 3.8) is 0 Å². The van der Waals surface area contributed by atoms with Gasteiger partial charge in [-0.25, -0.2) is 9.59 Å². The Morgan fingerprint density at radius 1 is 1.20 bits per heavy atom. The van der Waals surface area contributed by atoms with Gasteiger partial charge < -0.3 is 15.3 Å². The van der Waals surface area contributed by atoms with Crippen molar-refractivity contribution in [1.29, 1.82) is 0 Å². The number of hydrogen-bond acceptors (Lipinski definition) is 2. The molecule has 20 heavy (non-hydrogen) atoms. The summed E-state index contributed by atoms with van der Waals surface area (Å²) in [4.78, 5) is 25.6. The van der Waals surface area contributed by atoms with Crippen molar-refractivity contribution >= 4 is 12.0 Å². The van der Waals surface area contributed by atoms with Crippen LogP contribution in [0.5, 0.6) is 0 Å². The monoisotopic (exact) mass is 282 g/mol. The summed E-state index contributed by atoms with van der Waals surface area (Å²) in [5.74, 6) is -0.349. The number of nitrogens with zero attached hydrogens (tertiary/aromatic N) is 1. The van der Waals surface area contributed by atoms with Crippen LogP contribution in [0, 0.1) is 11.3 Å². The van der Waals surface area contributed by atoms with Gasteiger partial charge in [-0.2, -0.15) is 0 Å². The van der Waals surface area contributed by atoms with E-state index in [2.05, 4.69) is 5.32 Å². The van der Waals surface area contributed by atoms with Gasteiger partial charge in [0, 0.05) is 12.6 Å². The van der Waals surface area contributed by atoms with Gasteiger partial charge in [0.25, 0.3) is 0 Å². The summed E-state index contributed by atoms with van der Waals surface area (Å²) < 4.78 is 0. The molecule has 1 heterocycles. The molecule has 2 unspecified atom stereocenters. The molecule has 2 N–H and O–H groups in total. The molecule has 2 fully saturated rings. The third-order valence-electron chi connectivity index (χ3n) is 4.65. The Labute approximate surface area is 120 Å². The minimum Gasteiger partial charge on any atom is -0.480 e. The van der Waals surface area contributed by atoms with E-state index in [4.69, 9.17) is 0 Å². The third-order valence-corrected chi connectivity index (χ3v) is 4.65. The smallest absolute Gasteiger partial charge is 0.326 e. The average molecular weight is 282 g/mol. The molecule has 1 aliphatic carbocycles. The number of urea groups is 1. The first-order chi connectivity index (χ1) is 9.30. The zero-order valence-electron chi connectivity index (χ0n) is 12.7. The SMILES string of the molecule is CC(C)(C)[C@H](NC(=O)N1CCC2CCCCC21)C(=O)O. The number of amides is 2. The fourth-order valence-electron chi connectivity index (χ4n) is 3.51. The van der Waals surface area contributed by atoms with Crippen LogP contribution in [-0.2, 0) is 4.79 Å². The molecular formula is C15H26N2O3. The van der Waals surface area contributed by atoms with Crippen LogP contribution in [0.25, 0.3) is 0 Å². The van der Waals surface area contributed by atoms with Crippen LogP contribution in [-0.4, -0.2) is 40.6 Å². The first-order valence-electron chi connectivity index (χ1n) is 7.60. The van der Waals surface area contributed by atoms with Gasteiger partial charge in [0.05, 0.1) is 0 Å². The topological polar surface area (TPSA) is 69.6 Å². The van der Waals surface area contributed by atoms with Gasteiger partial charge in [0.1, 0.15) is 6.04 Å². The molecule has 0 radical (unpaired) electrons. The molecule has 5 nitrogen and oxygen atoms in total. The highest BCUT2D eigenvalue weighted by atomic mass is 16.4. The predicted molar refractivity (Wildman–Crippen MR) is 76.5 cm³/mol. The van der Waals surface area contributed by atoms with Crippen LogP contribution in [0.1, 0.15) is 52.9 Å². The number of fused-ring (bicyclic) bond motifs is 1. The maximum Gasteiger partial charge on any atom is 0.326 e. The largest absolute Gasteiger partial charge is 0.480 e. The maximum atomic E-state index is 12.4. The zero-order valence-corrected chi connectivity index (χ0v) is 12.7. The highest BCUT2D eigenvalue weighted by Gasteiger charge is 2.40. The van der Waals surface area contributed by atoms with Crippen molar-refractivity contribution in [2.24, 2.45) is 11.3 Å². The molecule has 2 aliphatic rings. The Morgan fingerprint density at radius 3 is 2.45 bits per heavy atom. The second-order valence-corrected chi connectivity index (χ2v) is 7.18. The number of likely N-dealkylation sites (tertiary alicyclic amines) is 1. The van der Waals surface area contributed by atoms with Gasteiger partial charge in [-0.15, -0.1) is 0 Å². The number of carbonyl (C=O) groups is 2. The van der Waals surface area contributed by atoms with E-state index in [-0.39, 0.29) is 6.03 Å². The summed E-state index contributed by atoms with van der Waals surface area (Å²) >= 11 is 0. The Kier molecular flexibility index (Phi) is 4.25. The number of hydrogen-bond donors (Lipinski definition) is 2. The van der Waals surface area contributed by atoms with E-state index in [1.54, 1.807) is 0 Å². The Bertz CT molecular complexity index is 389. The van der Waals surface area contributed by atoms with Crippen LogP contribution in [0.4, 0.5) is 4.79 Å². The Morgan fingerprint density at radius 2 is 1.85 bits per heavy atom. The summed E-state index contributed by atoms with van der Waals surface area (Å²) in [5, 5.41) is 12.0. The van der Waals surface area contributed by atoms with Crippen molar-refractivity contribution in [3.8, 4) is 0 Å². The van der Waals surface area contributed by atoms with E-state index >= 15 is 0 Å². The van der Waals surface area contributed by atoms with Gasteiger partial charge in [0.2, 0.25) is 0 Å². The summed E-state index contributed by atoms with van der Waals surface area (Å²) in [6.07, 6.45) is 5.76. The normalized spacial score (nSPS) is 27.9. The van der Waals surface area contributed by atoms with E-state index in [0.717, 1.165) is 19.4 Å². The summed E-state index contributed by atoms with van der Waals surface area (Å²) in [7, 11) is 0. The highest BCUT2D eigenvalue weighted by molar-refractivity contribution is 5.83. The van der Waals surface area contributed by atoms with Gasteiger partial charge in [0.15, 0.2) is 0 Å². The number of nitrogens with one attached hydrogen (secondary N) is 1.